The van der Waals surface area contributed by atoms with Crippen molar-refractivity contribution >= 4 is 11.9 Å². The Labute approximate surface area is 161 Å². The Morgan fingerprint density at radius 3 is 1.86 bits per heavy atom. The van der Waals surface area contributed by atoms with Crippen LogP contribution in [0.5, 0.6) is 0 Å². The third-order valence-corrected chi connectivity index (χ3v) is 4.54. The zero-order chi connectivity index (χ0) is 20.1. The van der Waals surface area contributed by atoms with Crippen molar-refractivity contribution in [3.05, 3.63) is 83.9 Å². The van der Waals surface area contributed by atoms with E-state index in [1.165, 1.54) is 24.3 Å². The summed E-state index contributed by atoms with van der Waals surface area (Å²) < 4.78 is 10.5. The molecule has 146 valence electrons. The average Bonchev–Trinajstić information content (AvgIpc) is 2.74. The number of esters is 2. The number of hydrogen-bond acceptors (Lipinski definition) is 7. The molecule has 3 rings (SSSR count). The maximum absolute atomic E-state index is 12.3. The molecule has 0 aromatic heterocycles. The van der Waals surface area contributed by atoms with Gasteiger partial charge in [-0.2, -0.15) is 0 Å². The molecule has 0 unspecified atom stereocenters. The Morgan fingerprint density at radius 2 is 1.36 bits per heavy atom. The van der Waals surface area contributed by atoms with Crippen LogP contribution in [0.15, 0.2) is 72.8 Å². The second-order valence-corrected chi connectivity index (χ2v) is 6.41. The van der Waals surface area contributed by atoms with E-state index in [1.54, 1.807) is 48.5 Å². The maximum atomic E-state index is 12.3. The largest absolute Gasteiger partial charge is 0.452 e. The molecule has 3 N–H and O–H groups in total. The lowest BCUT2D eigenvalue weighted by atomic mass is 9.82. The molecule has 0 radical (unpaired) electrons. The summed E-state index contributed by atoms with van der Waals surface area (Å²) in [7, 11) is 0. The number of aliphatic hydroxyl groups is 3. The number of rotatable bonds is 5. The van der Waals surface area contributed by atoms with Gasteiger partial charge in [-0.1, -0.05) is 36.4 Å². The molecule has 0 heterocycles. The first kappa shape index (κ1) is 19.8. The van der Waals surface area contributed by atoms with Crippen LogP contribution in [0.4, 0.5) is 0 Å². The van der Waals surface area contributed by atoms with Gasteiger partial charge in [-0.3, -0.25) is 0 Å². The molecule has 2 aromatic rings. The molecule has 0 spiro atoms. The lowest BCUT2D eigenvalue weighted by molar-refractivity contribution is -0.183. The van der Waals surface area contributed by atoms with Gasteiger partial charge in [0.1, 0.15) is 12.2 Å². The van der Waals surface area contributed by atoms with E-state index in [0.717, 1.165) is 0 Å². The first-order chi connectivity index (χ1) is 13.5. The Morgan fingerprint density at radius 1 is 0.857 bits per heavy atom. The zero-order valence-electron chi connectivity index (χ0n) is 14.8. The number of carbonyl (C=O) groups excluding carboxylic acids is 2. The van der Waals surface area contributed by atoms with Crippen molar-refractivity contribution in [1.29, 1.82) is 0 Å². The van der Waals surface area contributed by atoms with Gasteiger partial charge in [0, 0.05) is 0 Å². The van der Waals surface area contributed by atoms with Gasteiger partial charge in [-0.15, -0.1) is 0 Å². The standard InChI is InChI=1S/C21H20O7/c22-13-21(26)17(28-20(25)15-9-5-2-6-10-15)12-11-16(18(21)23)27-19(24)14-7-3-1-4-8-14/h1-12,16-18,22-23,26H,13H2/t16-,17+,18+,21-/m1/s1. The maximum Gasteiger partial charge on any atom is 0.338 e. The molecular formula is C21H20O7. The monoisotopic (exact) mass is 384 g/mol. The van der Waals surface area contributed by atoms with Crippen LogP contribution in [0, 0.1) is 0 Å². The van der Waals surface area contributed by atoms with Gasteiger partial charge in [0.15, 0.2) is 11.7 Å². The summed E-state index contributed by atoms with van der Waals surface area (Å²) in [6.45, 7) is -0.912. The van der Waals surface area contributed by atoms with Gasteiger partial charge in [-0.05, 0) is 36.4 Å². The summed E-state index contributed by atoms with van der Waals surface area (Å²) in [6.07, 6.45) is -1.65. The fourth-order valence-electron chi connectivity index (χ4n) is 2.89. The second kappa shape index (κ2) is 8.35. The molecule has 0 amide bonds. The molecule has 0 fully saturated rings. The fourth-order valence-corrected chi connectivity index (χ4v) is 2.89. The van der Waals surface area contributed by atoms with E-state index < -0.39 is 42.5 Å². The van der Waals surface area contributed by atoms with Gasteiger partial charge >= 0.3 is 11.9 Å². The lowest BCUT2D eigenvalue weighted by Crippen LogP contribution is -2.62. The zero-order valence-corrected chi connectivity index (χ0v) is 14.8. The Balaban J connectivity index is 1.76. The van der Waals surface area contributed by atoms with Crippen molar-refractivity contribution in [2.45, 2.75) is 23.9 Å². The lowest BCUT2D eigenvalue weighted by Gasteiger charge is -2.41. The molecule has 28 heavy (non-hydrogen) atoms. The summed E-state index contributed by atoms with van der Waals surface area (Å²) in [4.78, 5) is 24.5. The van der Waals surface area contributed by atoms with E-state index in [0.29, 0.717) is 0 Å². The number of carbonyl (C=O) groups is 2. The highest BCUT2D eigenvalue weighted by molar-refractivity contribution is 5.90. The highest BCUT2D eigenvalue weighted by atomic mass is 16.6. The fraction of sp³-hybridized carbons (Fsp3) is 0.238. The van der Waals surface area contributed by atoms with Crippen molar-refractivity contribution in [1.82, 2.24) is 0 Å². The number of benzene rings is 2. The SMILES string of the molecule is O=C(O[C@H]1C=C[C@@H](OC(=O)c2ccccc2)[C@H](O)[C@@]1(O)CO)c1ccccc1. The van der Waals surface area contributed by atoms with Crippen molar-refractivity contribution in [3.8, 4) is 0 Å². The van der Waals surface area contributed by atoms with E-state index >= 15 is 0 Å². The first-order valence-electron chi connectivity index (χ1n) is 8.67. The molecule has 0 saturated carbocycles. The number of hydrogen-bond donors (Lipinski definition) is 3. The topological polar surface area (TPSA) is 113 Å². The van der Waals surface area contributed by atoms with Crippen LogP contribution in [0.25, 0.3) is 0 Å². The van der Waals surface area contributed by atoms with Crippen molar-refractivity contribution in [2.24, 2.45) is 0 Å². The molecule has 0 bridgehead atoms. The van der Waals surface area contributed by atoms with Gasteiger partial charge < -0.3 is 24.8 Å². The summed E-state index contributed by atoms with van der Waals surface area (Å²) in [5.74, 6) is -1.43. The third-order valence-electron chi connectivity index (χ3n) is 4.54. The van der Waals surface area contributed by atoms with E-state index in [9.17, 15) is 24.9 Å². The van der Waals surface area contributed by atoms with E-state index in [1.807, 2.05) is 0 Å². The predicted molar refractivity (Wildman–Crippen MR) is 98.5 cm³/mol. The van der Waals surface area contributed by atoms with Crippen molar-refractivity contribution in [3.63, 3.8) is 0 Å². The van der Waals surface area contributed by atoms with Gasteiger partial charge in [-0.25, -0.2) is 9.59 Å². The normalized spacial score (nSPS) is 26.5. The molecular weight excluding hydrogens is 364 g/mol. The summed E-state index contributed by atoms with van der Waals surface area (Å²) in [6, 6.07) is 16.3. The first-order valence-corrected chi connectivity index (χ1v) is 8.67. The highest BCUT2D eigenvalue weighted by Gasteiger charge is 2.51. The Bertz CT molecular complexity index is 850. The molecule has 1 aliphatic carbocycles. The minimum atomic E-state index is -2.24. The van der Waals surface area contributed by atoms with Crippen LogP contribution in [0.3, 0.4) is 0 Å². The quantitative estimate of drug-likeness (QED) is 0.522. The molecule has 4 atom stereocenters. The van der Waals surface area contributed by atoms with Crippen LogP contribution < -0.4 is 0 Å². The second-order valence-electron chi connectivity index (χ2n) is 6.41. The Kier molecular flexibility index (Phi) is 5.89. The predicted octanol–water partition coefficient (Wildman–Crippen LogP) is 1.09. The molecule has 0 saturated heterocycles. The van der Waals surface area contributed by atoms with Crippen LogP contribution in [0.2, 0.25) is 0 Å². The molecule has 7 heteroatoms. The Hall–Kier alpha value is -3.00. The number of ether oxygens (including phenoxy) is 2. The summed E-state index contributed by atoms with van der Waals surface area (Å²) in [5.41, 5.74) is -1.71. The van der Waals surface area contributed by atoms with Crippen LogP contribution in [-0.4, -0.2) is 57.8 Å². The summed E-state index contributed by atoms with van der Waals surface area (Å²) in [5, 5.41) is 30.9. The van der Waals surface area contributed by atoms with E-state index in [2.05, 4.69) is 0 Å². The summed E-state index contributed by atoms with van der Waals surface area (Å²) >= 11 is 0. The van der Waals surface area contributed by atoms with Gasteiger partial charge in [0.2, 0.25) is 0 Å². The number of aliphatic hydroxyl groups excluding tert-OH is 2. The van der Waals surface area contributed by atoms with Crippen molar-refractivity contribution in [2.75, 3.05) is 6.61 Å². The minimum Gasteiger partial charge on any atom is -0.452 e. The smallest absolute Gasteiger partial charge is 0.338 e. The molecule has 2 aromatic carbocycles. The van der Waals surface area contributed by atoms with Crippen LogP contribution in [-0.2, 0) is 9.47 Å². The van der Waals surface area contributed by atoms with Gasteiger partial charge in [0.25, 0.3) is 0 Å². The van der Waals surface area contributed by atoms with Crippen molar-refractivity contribution < 1.29 is 34.4 Å². The van der Waals surface area contributed by atoms with E-state index in [-0.39, 0.29) is 11.1 Å². The highest BCUT2D eigenvalue weighted by Crippen LogP contribution is 2.29. The third kappa shape index (κ3) is 3.96. The minimum absolute atomic E-state index is 0.253. The van der Waals surface area contributed by atoms with E-state index in [4.69, 9.17) is 9.47 Å². The molecule has 7 nitrogen and oxygen atoms in total. The van der Waals surface area contributed by atoms with Gasteiger partial charge in [0.05, 0.1) is 17.7 Å². The van der Waals surface area contributed by atoms with Crippen LogP contribution in [0.1, 0.15) is 20.7 Å². The average molecular weight is 384 g/mol. The van der Waals surface area contributed by atoms with Crippen LogP contribution >= 0.6 is 0 Å². The molecule has 1 aliphatic rings. The molecule has 0 aliphatic heterocycles.